The Labute approximate surface area is 145 Å². The molecule has 0 fully saturated rings. The Balaban J connectivity index is 1.78. The highest BCUT2D eigenvalue weighted by molar-refractivity contribution is 9.10. The van der Waals surface area contributed by atoms with E-state index in [0.717, 1.165) is 16.1 Å². The molecule has 3 aromatic rings. The van der Waals surface area contributed by atoms with Crippen molar-refractivity contribution in [3.63, 3.8) is 0 Å². The second kappa shape index (κ2) is 6.88. The number of fused-ring (bicyclic) bond motifs is 1. The molecule has 0 aliphatic carbocycles. The molecule has 0 N–H and O–H groups in total. The SMILES string of the molecule is COc1ccc(COC(=O)c2cc(=O)c3ccccc3o2)cc1Br. The van der Waals surface area contributed by atoms with Gasteiger partial charge in [-0.1, -0.05) is 18.2 Å². The van der Waals surface area contributed by atoms with E-state index in [9.17, 15) is 9.59 Å². The van der Waals surface area contributed by atoms with E-state index >= 15 is 0 Å². The molecular formula is C18H13BrO5. The summed E-state index contributed by atoms with van der Waals surface area (Å²) in [6.45, 7) is 0.0535. The summed E-state index contributed by atoms with van der Waals surface area (Å²) >= 11 is 3.37. The highest BCUT2D eigenvalue weighted by Gasteiger charge is 2.14. The van der Waals surface area contributed by atoms with Gasteiger partial charge in [-0.05, 0) is 45.8 Å². The van der Waals surface area contributed by atoms with Gasteiger partial charge >= 0.3 is 5.97 Å². The van der Waals surface area contributed by atoms with Gasteiger partial charge in [0.25, 0.3) is 0 Å². The van der Waals surface area contributed by atoms with Crippen LogP contribution < -0.4 is 10.2 Å². The van der Waals surface area contributed by atoms with E-state index in [-0.39, 0.29) is 17.8 Å². The smallest absolute Gasteiger partial charge is 0.374 e. The van der Waals surface area contributed by atoms with Gasteiger partial charge < -0.3 is 13.9 Å². The third-order valence-electron chi connectivity index (χ3n) is 3.42. The van der Waals surface area contributed by atoms with E-state index in [4.69, 9.17) is 13.9 Å². The Hall–Kier alpha value is -2.60. The molecule has 0 aliphatic heterocycles. The minimum absolute atomic E-state index is 0.0535. The molecule has 5 nitrogen and oxygen atoms in total. The molecule has 24 heavy (non-hydrogen) atoms. The first kappa shape index (κ1) is 16.3. The zero-order chi connectivity index (χ0) is 17.1. The fourth-order valence-corrected chi connectivity index (χ4v) is 2.81. The van der Waals surface area contributed by atoms with E-state index in [1.54, 1.807) is 49.6 Å². The number of hydrogen-bond acceptors (Lipinski definition) is 5. The van der Waals surface area contributed by atoms with Gasteiger partial charge in [-0.15, -0.1) is 0 Å². The van der Waals surface area contributed by atoms with Crippen molar-refractivity contribution in [1.29, 1.82) is 0 Å². The molecule has 0 saturated heterocycles. The quantitative estimate of drug-likeness (QED) is 0.633. The molecule has 0 bridgehead atoms. The van der Waals surface area contributed by atoms with Crippen LogP contribution in [-0.4, -0.2) is 13.1 Å². The van der Waals surface area contributed by atoms with Crippen LogP contribution in [0.4, 0.5) is 0 Å². The second-order valence-corrected chi connectivity index (χ2v) is 5.87. The molecule has 0 unspecified atom stereocenters. The summed E-state index contributed by atoms with van der Waals surface area (Å²) in [6, 6.07) is 13.2. The number of halogens is 1. The molecule has 1 aromatic heterocycles. The second-order valence-electron chi connectivity index (χ2n) is 5.02. The van der Waals surface area contributed by atoms with Gasteiger partial charge in [0, 0.05) is 6.07 Å². The summed E-state index contributed by atoms with van der Waals surface area (Å²) in [5, 5.41) is 0.424. The standard InChI is InChI=1S/C18H13BrO5/c1-22-16-7-6-11(8-13(16)19)10-23-18(21)17-9-14(20)12-4-2-3-5-15(12)24-17/h2-9H,10H2,1H3. The predicted octanol–water partition coefficient (Wildman–Crippen LogP) is 3.92. The number of ether oxygens (including phenoxy) is 2. The van der Waals surface area contributed by atoms with Gasteiger partial charge in [-0.2, -0.15) is 0 Å². The first-order chi connectivity index (χ1) is 11.6. The van der Waals surface area contributed by atoms with Crippen LogP contribution in [0.5, 0.6) is 5.75 Å². The zero-order valence-electron chi connectivity index (χ0n) is 12.7. The van der Waals surface area contributed by atoms with Crippen molar-refractivity contribution in [2.45, 2.75) is 6.61 Å². The van der Waals surface area contributed by atoms with Crippen LogP contribution in [0.2, 0.25) is 0 Å². The molecule has 1 heterocycles. The van der Waals surface area contributed by atoms with Crippen molar-refractivity contribution in [1.82, 2.24) is 0 Å². The summed E-state index contributed by atoms with van der Waals surface area (Å²) in [6.07, 6.45) is 0. The monoisotopic (exact) mass is 388 g/mol. The number of para-hydroxylation sites is 1. The molecule has 122 valence electrons. The third kappa shape index (κ3) is 3.33. The van der Waals surface area contributed by atoms with Crippen LogP contribution in [0.3, 0.4) is 0 Å². The Bertz CT molecular complexity index is 961. The maximum atomic E-state index is 12.1. The van der Waals surface area contributed by atoms with Crippen LogP contribution >= 0.6 is 15.9 Å². The summed E-state index contributed by atoms with van der Waals surface area (Å²) in [5.74, 6) is -0.123. The van der Waals surface area contributed by atoms with Gasteiger partial charge in [0.05, 0.1) is 17.0 Å². The first-order valence-electron chi connectivity index (χ1n) is 7.11. The van der Waals surface area contributed by atoms with E-state index in [1.807, 2.05) is 0 Å². The zero-order valence-corrected chi connectivity index (χ0v) is 14.3. The van der Waals surface area contributed by atoms with Crippen LogP contribution in [0.15, 0.2) is 62.2 Å². The number of rotatable bonds is 4. The van der Waals surface area contributed by atoms with Gasteiger partial charge in [0.1, 0.15) is 17.9 Å². The molecule has 0 aliphatic rings. The Morgan fingerprint density at radius 2 is 1.96 bits per heavy atom. The average molecular weight is 389 g/mol. The minimum Gasteiger partial charge on any atom is -0.496 e. The fourth-order valence-electron chi connectivity index (χ4n) is 2.22. The Morgan fingerprint density at radius 3 is 2.71 bits per heavy atom. The van der Waals surface area contributed by atoms with Crippen LogP contribution in [-0.2, 0) is 11.3 Å². The molecule has 0 amide bonds. The van der Waals surface area contributed by atoms with Gasteiger partial charge in [-0.25, -0.2) is 4.79 Å². The maximum Gasteiger partial charge on any atom is 0.374 e. The Kier molecular flexibility index (Phi) is 4.66. The molecule has 0 radical (unpaired) electrons. The highest BCUT2D eigenvalue weighted by atomic mass is 79.9. The highest BCUT2D eigenvalue weighted by Crippen LogP contribution is 2.26. The van der Waals surface area contributed by atoms with Crippen molar-refractivity contribution in [3.8, 4) is 5.75 Å². The lowest BCUT2D eigenvalue weighted by Crippen LogP contribution is -2.10. The third-order valence-corrected chi connectivity index (χ3v) is 4.04. The number of methoxy groups -OCH3 is 1. The Morgan fingerprint density at radius 1 is 1.17 bits per heavy atom. The number of esters is 1. The van der Waals surface area contributed by atoms with E-state index in [0.29, 0.717) is 16.7 Å². The number of hydrogen-bond donors (Lipinski definition) is 0. The summed E-state index contributed by atoms with van der Waals surface area (Å²) in [5.41, 5.74) is 0.847. The van der Waals surface area contributed by atoms with Crippen molar-refractivity contribution in [2.24, 2.45) is 0 Å². The van der Waals surface area contributed by atoms with Gasteiger partial charge in [0.2, 0.25) is 5.76 Å². The molecule has 6 heteroatoms. The topological polar surface area (TPSA) is 65.7 Å². The van der Waals surface area contributed by atoms with E-state index in [1.165, 1.54) is 0 Å². The van der Waals surface area contributed by atoms with Crippen molar-refractivity contribution < 1.29 is 18.7 Å². The van der Waals surface area contributed by atoms with E-state index in [2.05, 4.69) is 15.9 Å². The van der Waals surface area contributed by atoms with E-state index < -0.39 is 5.97 Å². The molecule has 0 spiro atoms. The van der Waals surface area contributed by atoms with Crippen molar-refractivity contribution in [2.75, 3.05) is 7.11 Å². The normalized spacial score (nSPS) is 10.6. The molecule has 0 saturated carbocycles. The summed E-state index contributed by atoms with van der Waals surface area (Å²) in [7, 11) is 1.57. The number of carbonyl (C=O) groups excluding carboxylic acids is 1. The van der Waals surface area contributed by atoms with Gasteiger partial charge in [0.15, 0.2) is 5.43 Å². The molecule has 2 aromatic carbocycles. The lowest BCUT2D eigenvalue weighted by atomic mass is 10.2. The predicted molar refractivity (Wildman–Crippen MR) is 92.3 cm³/mol. The molecule has 3 rings (SSSR count). The average Bonchev–Trinajstić information content (AvgIpc) is 2.59. The first-order valence-corrected chi connectivity index (χ1v) is 7.90. The molecule has 0 atom stereocenters. The largest absolute Gasteiger partial charge is 0.496 e. The van der Waals surface area contributed by atoms with Crippen LogP contribution in [0.1, 0.15) is 16.1 Å². The maximum absolute atomic E-state index is 12.1. The number of carbonyl (C=O) groups is 1. The van der Waals surface area contributed by atoms with Crippen molar-refractivity contribution >= 4 is 32.9 Å². The van der Waals surface area contributed by atoms with Crippen LogP contribution in [0, 0.1) is 0 Å². The van der Waals surface area contributed by atoms with Crippen LogP contribution in [0.25, 0.3) is 11.0 Å². The van der Waals surface area contributed by atoms with Crippen molar-refractivity contribution in [3.05, 3.63) is 74.6 Å². The fraction of sp³-hybridized carbons (Fsp3) is 0.111. The lowest BCUT2D eigenvalue weighted by Gasteiger charge is -2.07. The summed E-state index contributed by atoms with van der Waals surface area (Å²) in [4.78, 5) is 24.1. The van der Waals surface area contributed by atoms with Gasteiger partial charge in [-0.3, -0.25) is 4.79 Å². The number of benzene rings is 2. The minimum atomic E-state index is -0.690. The molecular weight excluding hydrogens is 376 g/mol. The summed E-state index contributed by atoms with van der Waals surface area (Å²) < 4.78 is 16.6. The lowest BCUT2D eigenvalue weighted by molar-refractivity contribution is 0.0436.